The number of benzene rings is 1. The zero-order chi connectivity index (χ0) is 15.0. The number of nitro benzene ring substituents is 1. The van der Waals surface area contributed by atoms with Gasteiger partial charge in [0, 0.05) is 25.2 Å². The molecule has 6 heteroatoms. The quantitative estimate of drug-likeness (QED) is 0.683. The summed E-state index contributed by atoms with van der Waals surface area (Å²) < 4.78 is 13.7. The van der Waals surface area contributed by atoms with E-state index in [4.69, 9.17) is 0 Å². The third-order valence-electron chi connectivity index (χ3n) is 4.84. The smallest absolute Gasteiger partial charge is 0.304 e. The van der Waals surface area contributed by atoms with Crippen LogP contribution in [0.5, 0.6) is 0 Å². The molecule has 1 N–H and O–H groups in total. The summed E-state index contributed by atoms with van der Waals surface area (Å²) in [4.78, 5) is 12.4. The van der Waals surface area contributed by atoms with Crippen LogP contribution in [0.25, 0.3) is 0 Å². The Balaban J connectivity index is 1.74. The molecule has 114 valence electrons. The van der Waals surface area contributed by atoms with E-state index in [0.717, 1.165) is 31.6 Å². The van der Waals surface area contributed by atoms with E-state index >= 15 is 0 Å². The molecular formula is C15H20FN3O2. The number of nitrogens with one attached hydrogen (secondary N) is 1. The topological polar surface area (TPSA) is 58.4 Å². The van der Waals surface area contributed by atoms with E-state index in [-0.39, 0.29) is 0 Å². The second kappa shape index (κ2) is 5.69. The monoisotopic (exact) mass is 293 g/mol. The molecule has 3 unspecified atom stereocenters. The van der Waals surface area contributed by atoms with Crippen LogP contribution in [-0.2, 0) is 6.54 Å². The lowest BCUT2D eigenvalue weighted by Crippen LogP contribution is -2.34. The molecule has 2 fully saturated rings. The van der Waals surface area contributed by atoms with Crippen LogP contribution in [0, 0.1) is 27.8 Å². The number of rotatable bonds is 4. The number of halogens is 1. The van der Waals surface area contributed by atoms with Crippen molar-refractivity contribution in [3.8, 4) is 0 Å². The Labute approximate surface area is 123 Å². The average molecular weight is 293 g/mol. The van der Waals surface area contributed by atoms with Gasteiger partial charge in [-0.15, -0.1) is 0 Å². The Kier molecular flexibility index (Phi) is 3.91. The van der Waals surface area contributed by atoms with E-state index in [1.807, 2.05) is 0 Å². The van der Waals surface area contributed by atoms with Gasteiger partial charge < -0.3 is 5.32 Å². The lowest BCUT2D eigenvalue weighted by molar-refractivity contribution is -0.387. The van der Waals surface area contributed by atoms with Crippen LogP contribution in [-0.4, -0.2) is 35.5 Å². The maximum absolute atomic E-state index is 13.7. The van der Waals surface area contributed by atoms with Gasteiger partial charge in [-0.1, -0.05) is 13.0 Å². The molecular weight excluding hydrogens is 273 g/mol. The van der Waals surface area contributed by atoms with Crippen LogP contribution in [0.15, 0.2) is 18.2 Å². The molecule has 2 aliphatic heterocycles. The fourth-order valence-corrected chi connectivity index (χ4v) is 3.89. The zero-order valence-electron chi connectivity index (χ0n) is 12.1. The number of likely N-dealkylation sites (tertiary alicyclic amines) is 1. The predicted octanol–water partition coefficient (Wildman–Crippen LogP) is 2.16. The molecule has 2 aliphatic rings. The van der Waals surface area contributed by atoms with Gasteiger partial charge in [0.1, 0.15) is 0 Å². The summed E-state index contributed by atoms with van der Waals surface area (Å²) in [5.74, 6) is 0.613. The van der Waals surface area contributed by atoms with E-state index < -0.39 is 16.4 Å². The molecule has 21 heavy (non-hydrogen) atoms. The predicted molar refractivity (Wildman–Crippen MR) is 77.4 cm³/mol. The highest BCUT2D eigenvalue weighted by atomic mass is 19.1. The molecule has 1 aromatic rings. The summed E-state index contributed by atoms with van der Waals surface area (Å²) in [6.45, 7) is 6.00. The Morgan fingerprint density at radius 2 is 2.29 bits per heavy atom. The lowest BCUT2D eigenvalue weighted by atomic mass is 9.93. The Morgan fingerprint density at radius 3 is 2.95 bits per heavy atom. The van der Waals surface area contributed by atoms with Crippen LogP contribution in [0.1, 0.15) is 18.9 Å². The highest BCUT2D eigenvalue weighted by molar-refractivity contribution is 5.35. The van der Waals surface area contributed by atoms with Crippen molar-refractivity contribution in [1.29, 1.82) is 0 Å². The first-order chi connectivity index (χ1) is 10.1. The largest absolute Gasteiger partial charge is 0.316 e. The minimum atomic E-state index is -0.744. The highest BCUT2D eigenvalue weighted by Gasteiger charge is 2.42. The molecule has 0 radical (unpaired) electrons. The molecule has 0 saturated carbocycles. The van der Waals surface area contributed by atoms with Crippen LogP contribution in [0.4, 0.5) is 10.1 Å². The third-order valence-corrected chi connectivity index (χ3v) is 4.84. The van der Waals surface area contributed by atoms with Gasteiger partial charge in [0.15, 0.2) is 0 Å². The van der Waals surface area contributed by atoms with Crippen LogP contribution in [0.3, 0.4) is 0 Å². The first-order valence-corrected chi connectivity index (χ1v) is 7.47. The standard InChI is InChI=1S/C15H20FN3O2/c1-2-14-12-7-17-6-11(12)9-18(14)8-10-3-4-15(19(20)21)13(16)5-10/h3-5,11-12,14,17H,2,6-9H2,1H3. The third kappa shape index (κ3) is 2.65. The Bertz CT molecular complexity index is 552. The molecule has 0 aliphatic carbocycles. The van der Waals surface area contributed by atoms with Crippen molar-refractivity contribution in [2.45, 2.75) is 25.9 Å². The SMILES string of the molecule is CCC1C2CNCC2CN1Cc1ccc([N+](=O)[O-])c(F)c1. The van der Waals surface area contributed by atoms with Gasteiger partial charge in [-0.3, -0.25) is 15.0 Å². The van der Waals surface area contributed by atoms with E-state index in [2.05, 4.69) is 17.1 Å². The maximum atomic E-state index is 13.7. The van der Waals surface area contributed by atoms with Gasteiger partial charge in [0.25, 0.3) is 0 Å². The van der Waals surface area contributed by atoms with Crippen molar-refractivity contribution in [1.82, 2.24) is 10.2 Å². The van der Waals surface area contributed by atoms with Crippen molar-refractivity contribution in [3.63, 3.8) is 0 Å². The highest BCUT2D eigenvalue weighted by Crippen LogP contribution is 2.35. The van der Waals surface area contributed by atoms with E-state index in [1.165, 1.54) is 12.1 Å². The Hall–Kier alpha value is -1.53. The number of hydrogen-bond donors (Lipinski definition) is 1. The van der Waals surface area contributed by atoms with Crippen LogP contribution < -0.4 is 5.32 Å². The van der Waals surface area contributed by atoms with E-state index in [0.29, 0.717) is 24.4 Å². The lowest BCUT2D eigenvalue weighted by Gasteiger charge is -2.26. The number of nitro groups is 1. The average Bonchev–Trinajstić information content (AvgIpc) is 2.98. The maximum Gasteiger partial charge on any atom is 0.304 e. The van der Waals surface area contributed by atoms with E-state index in [9.17, 15) is 14.5 Å². The summed E-state index contributed by atoms with van der Waals surface area (Å²) in [6, 6.07) is 4.75. The van der Waals surface area contributed by atoms with Crippen molar-refractivity contribution in [2.24, 2.45) is 11.8 Å². The normalized spacial score (nSPS) is 28.8. The molecule has 0 bridgehead atoms. The molecule has 0 spiro atoms. The first kappa shape index (κ1) is 14.4. The summed E-state index contributed by atoms with van der Waals surface area (Å²) in [6.07, 6.45) is 1.08. The summed E-state index contributed by atoms with van der Waals surface area (Å²) in [5, 5.41) is 14.1. The van der Waals surface area contributed by atoms with Crippen LogP contribution in [0.2, 0.25) is 0 Å². The van der Waals surface area contributed by atoms with Crippen molar-refractivity contribution in [3.05, 3.63) is 39.7 Å². The zero-order valence-corrected chi connectivity index (χ0v) is 12.1. The van der Waals surface area contributed by atoms with E-state index in [1.54, 1.807) is 6.07 Å². The molecule has 3 atom stereocenters. The summed E-state index contributed by atoms with van der Waals surface area (Å²) in [5.41, 5.74) is 0.359. The second-order valence-corrected chi connectivity index (χ2v) is 6.03. The summed E-state index contributed by atoms with van der Waals surface area (Å²) in [7, 11) is 0. The molecule has 2 heterocycles. The Morgan fingerprint density at radius 1 is 1.48 bits per heavy atom. The number of hydrogen-bond acceptors (Lipinski definition) is 4. The minimum absolute atomic E-state index is 0.451. The van der Waals surface area contributed by atoms with Crippen molar-refractivity contribution in [2.75, 3.05) is 19.6 Å². The molecule has 0 amide bonds. The number of nitrogens with zero attached hydrogens (tertiary/aromatic N) is 2. The molecule has 1 aromatic carbocycles. The molecule has 2 saturated heterocycles. The first-order valence-electron chi connectivity index (χ1n) is 7.47. The van der Waals surface area contributed by atoms with Crippen LogP contribution >= 0.6 is 0 Å². The fourth-order valence-electron chi connectivity index (χ4n) is 3.89. The minimum Gasteiger partial charge on any atom is -0.316 e. The van der Waals surface area contributed by atoms with Gasteiger partial charge >= 0.3 is 5.69 Å². The van der Waals surface area contributed by atoms with Crippen molar-refractivity contribution < 1.29 is 9.31 Å². The van der Waals surface area contributed by atoms with Gasteiger partial charge in [0.05, 0.1) is 4.92 Å². The van der Waals surface area contributed by atoms with Crippen molar-refractivity contribution >= 4 is 5.69 Å². The van der Waals surface area contributed by atoms with Gasteiger partial charge in [-0.25, -0.2) is 0 Å². The molecule has 0 aromatic heterocycles. The van der Waals surface area contributed by atoms with Gasteiger partial charge in [0.2, 0.25) is 5.82 Å². The fraction of sp³-hybridized carbons (Fsp3) is 0.600. The number of fused-ring (bicyclic) bond motifs is 1. The molecule has 3 rings (SSSR count). The molecule has 5 nitrogen and oxygen atoms in total. The summed E-state index contributed by atoms with van der Waals surface area (Å²) >= 11 is 0. The second-order valence-electron chi connectivity index (χ2n) is 6.03. The van der Waals surface area contributed by atoms with Gasteiger partial charge in [-0.05, 0) is 43.0 Å². The van der Waals surface area contributed by atoms with Gasteiger partial charge in [-0.2, -0.15) is 4.39 Å².